The fourth-order valence-corrected chi connectivity index (χ4v) is 4.09. The topological polar surface area (TPSA) is 68.3 Å². The molecular formula is C24H34N2O5. The molecule has 2 atom stereocenters. The molecule has 1 saturated heterocycles. The summed E-state index contributed by atoms with van der Waals surface area (Å²) >= 11 is 0. The third-order valence-electron chi connectivity index (χ3n) is 5.37. The summed E-state index contributed by atoms with van der Waals surface area (Å²) in [6.07, 6.45) is 1.51. The number of hydrogen-bond donors (Lipinski definition) is 0. The number of benzene rings is 1. The second-order valence-electron chi connectivity index (χ2n) is 8.07. The van der Waals surface area contributed by atoms with E-state index in [2.05, 4.69) is 6.92 Å². The van der Waals surface area contributed by atoms with Gasteiger partial charge in [-0.2, -0.15) is 0 Å². The van der Waals surface area contributed by atoms with Crippen molar-refractivity contribution in [3.05, 3.63) is 35.5 Å². The van der Waals surface area contributed by atoms with E-state index in [0.717, 1.165) is 17.7 Å². The zero-order chi connectivity index (χ0) is 22.4. The number of amides is 2. The number of carbonyl (C=O) groups is 2. The smallest absolute Gasteiger partial charge is 0.277 e. The molecule has 2 aliphatic heterocycles. The van der Waals surface area contributed by atoms with Crippen molar-refractivity contribution in [2.45, 2.75) is 52.7 Å². The first-order valence-electron chi connectivity index (χ1n) is 11.3. The van der Waals surface area contributed by atoms with Crippen LogP contribution in [0.5, 0.6) is 5.75 Å². The van der Waals surface area contributed by atoms with E-state index in [4.69, 9.17) is 14.2 Å². The minimum absolute atomic E-state index is 0.0165. The standard InChI is InChI=1S/C24H34N2O5/c1-5-13-30-20-10-8-19(9-11-20)21-22(25-15-17(3)31-18(4)16-25)24(28)26(23(21)27)12-7-14-29-6-2/h8-11,17-18H,5-7,12-16H2,1-4H3. The Labute approximate surface area is 184 Å². The van der Waals surface area contributed by atoms with Crippen molar-refractivity contribution in [1.82, 2.24) is 9.80 Å². The van der Waals surface area contributed by atoms with Crippen molar-refractivity contribution >= 4 is 17.4 Å². The minimum atomic E-state index is -0.245. The Morgan fingerprint density at radius 2 is 1.68 bits per heavy atom. The first-order valence-corrected chi connectivity index (χ1v) is 11.3. The third-order valence-corrected chi connectivity index (χ3v) is 5.37. The molecule has 1 aromatic carbocycles. The predicted molar refractivity (Wildman–Crippen MR) is 119 cm³/mol. The van der Waals surface area contributed by atoms with Gasteiger partial charge in [-0.25, -0.2) is 0 Å². The summed E-state index contributed by atoms with van der Waals surface area (Å²) < 4.78 is 16.9. The van der Waals surface area contributed by atoms with Crippen LogP contribution in [0, 0.1) is 0 Å². The first kappa shape index (κ1) is 23.3. The lowest BCUT2D eigenvalue weighted by Crippen LogP contribution is -2.47. The average Bonchev–Trinajstić information content (AvgIpc) is 2.99. The molecule has 2 aliphatic rings. The van der Waals surface area contributed by atoms with Crippen molar-refractivity contribution in [3.8, 4) is 5.75 Å². The van der Waals surface area contributed by atoms with Crippen LogP contribution in [0.25, 0.3) is 5.57 Å². The number of imide groups is 1. The second kappa shape index (κ2) is 10.8. The number of hydrogen-bond acceptors (Lipinski definition) is 6. The fraction of sp³-hybridized carbons (Fsp3) is 0.583. The molecule has 2 heterocycles. The molecule has 0 aromatic heterocycles. The number of rotatable bonds is 10. The van der Waals surface area contributed by atoms with E-state index < -0.39 is 0 Å². The van der Waals surface area contributed by atoms with Crippen molar-refractivity contribution in [2.75, 3.05) is 39.5 Å². The zero-order valence-corrected chi connectivity index (χ0v) is 19.1. The van der Waals surface area contributed by atoms with Crippen LogP contribution >= 0.6 is 0 Å². The Balaban J connectivity index is 1.91. The molecule has 0 radical (unpaired) electrons. The lowest BCUT2D eigenvalue weighted by Gasteiger charge is -2.37. The highest BCUT2D eigenvalue weighted by Crippen LogP contribution is 2.34. The van der Waals surface area contributed by atoms with Crippen LogP contribution in [-0.2, 0) is 19.1 Å². The number of morpholine rings is 1. The Bertz CT molecular complexity index is 795. The van der Waals surface area contributed by atoms with Crippen molar-refractivity contribution in [1.29, 1.82) is 0 Å². The van der Waals surface area contributed by atoms with Crippen LogP contribution in [0.1, 0.15) is 46.1 Å². The van der Waals surface area contributed by atoms with Gasteiger partial charge in [-0.05, 0) is 51.3 Å². The Morgan fingerprint density at radius 1 is 1.00 bits per heavy atom. The molecule has 7 nitrogen and oxygen atoms in total. The summed E-state index contributed by atoms with van der Waals surface area (Å²) in [6.45, 7) is 11.2. The molecule has 0 bridgehead atoms. The number of carbonyl (C=O) groups excluding carboxylic acids is 2. The molecular weight excluding hydrogens is 396 g/mol. The molecule has 2 amide bonds. The highest BCUT2D eigenvalue weighted by Gasteiger charge is 2.42. The summed E-state index contributed by atoms with van der Waals surface area (Å²) in [5.41, 5.74) is 1.67. The van der Waals surface area contributed by atoms with Crippen LogP contribution in [0.3, 0.4) is 0 Å². The summed E-state index contributed by atoms with van der Waals surface area (Å²) in [5, 5.41) is 0. The fourth-order valence-electron chi connectivity index (χ4n) is 4.09. The van der Waals surface area contributed by atoms with E-state index >= 15 is 0 Å². The van der Waals surface area contributed by atoms with Crippen LogP contribution < -0.4 is 4.74 Å². The van der Waals surface area contributed by atoms with Crippen LogP contribution in [0.4, 0.5) is 0 Å². The van der Waals surface area contributed by atoms with Gasteiger partial charge < -0.3 is 19.1 Å². The lowest BCUT2D eigenvalue weighted by atomic mass is 10.0. The van der Waals surface area contributed by atoms with Gasteiger partial charge in [-0.15, -0.1) is 0 Å². The average molecular weight is 431 g/mol. The Morgan fingerprint density at radius 3 is 2.29 bits per heavy atom. The molecule has 2 unspecified atom stereocenters. The molecule has 0 N–H and O–H groups in total. The number of nitrogens with zero attached hydrogens (tertiary/aromatic N) is 2. The van der Waals surface area contributed by atoms with Gasteiger partial charge in [0, 0.05) is 32.8 Å². The Kier molecular flexibility index (Phi) is 8.09. The zero-order valence-electron chi connectivity index (χ0n) is 19.1. The minimum Gasteiger partial charge on any atom is -0.494 e. The third kappa shape index (κ3) is 5.46. The summed E-state index contributed by atoms with van der Waals surface area (Å²) in [4.78, 5) is 30.1. The SMILES string of the molecule is CCCOc1ccc(C2=C(N3CC(C)OC(C)C3)C(=O)N(CCCOCC)C2=O)cc1. The van der Waals surface area contributed by atoms with E-state index in [1.165, 1.54) is 4.90 Å². The maximum atomic E-state index is 13.4. The van der Waals surface area contributed by atoms with Gasteiger partial charge in [0.25, 0.3) is 11.8 Å². The monoisotopic (exact) mass is 430 g/mol. The van der Waals surface area contributed by atoms with Gasteiger partial charge >= 0.3 is 0 Å². The van der Waals surface area contributed by atoms with E-state index in [9.17, 15) is 9.59 Å². The van der Waals surface area contributed by atoms with E-state index in [-0.39, 0.29) is 24.0 Å². The van der Waals surface area contributed by atoms with Gasteiger partial charge in [0.05, 0.1) is 24.4 Å². The second-order valence-corrected chi connectivity index (χ2v) is 8.07. The van der Waals surface area contributed by atoms with Crippen LogP contribution in [-0.4, -0.2) is 73.3 Å². The quantitative estimate of drug-likeness (QED) is 0.420. The molecule has 3 rings (SSSR count). The number of ether oxygens (including phenoxy) is 3. The van der Waals surface area contributed by atoms with Crippen LogP contribution in [0.15, 0.2) is 30.0 Å². The molecule has 1 fully saturated rings. The van der Waals surface area contributed by atoms with Gasteiger partial charge in [-0.1, -0.05) is 19.1 Å². The van der Waals surface area contributed by atoms with Gasteiger partial charge in [-0.3, -0.25) is 14.5 Å². The normalized spacial score (nSPS) is 21.9. The van der Waals surface area contributed by atoms with E-state index in [0.29, 0.717) is 57.1 Å². The molecule has 31 heavy (non-hydrogen) atoms. The maximum absolute atomic E-state index is 13.4. The van der Waals surface area contributed by atoms with Crippen molar-refractivity contribution < 1.29 is 23.8 Å². The van der Waals surface area contributed by atoms with Crippen molar-refractivity contribution in [2.24, 2.45) is 0 Å². The maximum Gasteiger partial charge on any atom is 0.277 e. The summed E-state index contributed by atoms with van der Waals surface area (Å²) in [6, 6.07) is 7.44. The molecule has 0 saturated carbocycles. The first-order chi connectivity index (χ1) is 15.0. The summed E-state index contributed by atoms with van der Waals surface area (Å²) in [5.74, 6) is 0.279. The van der Waals surface area contributed by atoms with E-state index in [1.54, 1.807) is 0 Å². The largest absolute Gasteiger partial charge is 0.494 e. The molecule has 7 heteroatoms. The molecule has 170 valence electrons. The van der Waals surface area contributed by atoms with Crippen LogP contribution in [0.2, 0.25) is 0 Å². The molecule has 0 aliphatic carbocycles. The van der Waals surface area contributed by atoms with E-state index in [1.807, 2.05) is 49.9 Å². The van der Waals surface area contributed by atoms with Gasteiger partial charge in [0.15, 0.2) is 0 Å². The van der Waals surface area contributed by atoms with Crippen molar-refractivity contribution in [3.63, 3.8) is 0 Å². The lowest BCUT2D eigenvalue weighted by molar-refractivity contribution is -0.138. The van der Waals surface area contributed by atoms with Gasteiger partial charge in [0.2, 0.25) is 0 Å². The highest BCUT2D eigenvalue weighted by atomic mass is 16.5. The van der Waals surface area contributed by atoms with Gasteiger partial charge in [0.1, 0.15) is 11.4 Å². The predicted octanol–water partition coefficient (Wildman–Crippen LogP) is 3.09. The molecule has 0 spiro atoms. The highest BCUT2D eigenvalue weighted by molar-refractivity contribution is 6.35. The Hall–Kier alpha value is -2.38. The molecule has 1 aromatic rings. The summed E-state index contributed by atoms with van der Waals surface area (Å²) in [7, 11) is 0.